The molecule has 5 heteroatoms. The zero-order valence-corrected chi connectivity index (χ0v) is 13.5. The first-order valence-corrected chi connectivity index (χ1v) is 7.55. The van der Waals surface area contributed by atoms with E-state index in [1.807, 2.05) is 39.8 Å². The van der Waals surface area contributed by atoms with Gasteiger partial charge in [-0.15, -0.1) is 0 Å². The summed E-state index contributed by atoms with van der Waals surface area (Å²) >= 11 is 0. The van der Waals surface area contributed by atoms with Gasteiger partial charge in [0.15, 0.2) is 0 Å². The molecule has 0 spiro atoms. The predicted molar refractivity (Wildman–Crippen MR) is 81.2 cm³/mol. The van der Waals surface area contributed by atoms with E-state index in [-0.39, 0.29) is 18.2 Å². The molecule has 1 unspecified atom stereocenters. The molecule has 1 aromatic heterocycles. The Balaban J connectivity index is 1.68. The molecule has 0 bridgehead atoms. The maximum absolute atomic E-state index is 11.6. The molecular formula is C16H26N2O3. The van der Waals surface area contributed by atoms with Crippen LogP contribution >= 0.6 is 0 Å². The minimum Gasteiger partial charge on any atom is -0.465 e. The first-order valence-electron chi connectivity index (χ1n) is 7.55. The molecule has 0 radical (unpaired) electrons. The molecule has 0 aromatic carbocycles. The van der Waals surface area contributed by atoms with Gasteiger partial charge in [-0.25, -0.2) is 4.79 Å². The number of furan rings is 1. The monoisotopic (exact) mass is 294 g/mol. The summed E-state index contributed by atoms with van der Waals surface area (Å²) < 4.78 is 10.9. The summed E-state index contributed by atoms with van der Waals surface area (Å²) in [4.78, 5) is 11.6. The Morgan fingerprint density at radius 1 is 1.33 bits per heavy atom. The van der Waals surface area contributed by atoms with E-state index < -0.39 is 5.60 Å². The zero-order chi connectivity index (χ0) is 15.6. The lowest BCUT2D eigenvalue weighted by Gasteiger charge is -2.38. The second-order valence-electron chi connectivity index (χ2n) is 6.85. The summed E-state index contributed by atoms with van der Waals surface area (Å²) in [5.41, 5.74) is -0.447. The predicted octanol–water partition coefficient (Wildman–Crippen LogP) is 3.29. The Labute approximate surface area is 126 Å². The van der Waals surface area contributed by atoms with Crippen LogP contribution in [-0.4, -0.2) is 23.8 Å². The standard InChI is InChI=1S/C16H26N2O3/c1-10-6-7-14(20-10)11(2)17-12-8-13(9-12)18-15(19)21-16(3,4)5/h6-7,11-13,17H,8-9H2,1-5H3,(H,18,19). The third kappa shape index (κ3) is 4.77. The Morgan fingerprint density at radius 2 is 2.00 bits per heavy atom. The number of alkyl carbamates (subject to hydrolysis) is 1. The Hall–Kier alpha value is -1.49. The number of carbonyl (C=O) groups is 1. The van der Waals surface area contributed by atoms with E-state index in [2.05, 4.69) is 17.6 Å². The number of hydrogen-bond donors (Lipinski definition) is 2. The van der Waals surface area contributed by atoms with Gasteiger partial charge in [0, 0.05) is 12.1 Å². The Kier molecular flexibility index (Phi) is 4.61. The van der Waals surface area contributed by atoms with Gasteiger partial charge in [0.05, 0.1) is 6.04 Å². The summed E-state index contributed by atoms with van der Waals surface area (Å²) in [5, 5.41) is 6.41. The van der Waals surface area contributed by atoms with Crippen molar-refractivity contribution in [1.82, 2.24) is 10.6 Å². The molecule has 1 fully saturated rings. The second-order valence-corrected chi connectivity index (χ2v) is 6.85. The highest BCUT2D eigenvalue weighted by atomic mass is 16.6. The van der Waals surface area contributed by atoms with Crippen LogP contribution in [0.1, 0.15) is 58.1 Å². The lowest BCUT2D eigenvalue weighted by atomic mass is 9.86. The number of carbonyl (C=O) groups excluding carboxylic acids is 1. The van der Waals surface area contributed by atoms with Crippen LogP contribution in [-0.2, 0) is 4.74 Å². The number of rotatable bonds is 4. The fourth-order valence-electron chi connectivity index (χ4n) is 2.47. The van der Waals surface area contributed by atoms with Crippen LogP contribution in [0.25, 0.3) is 0 Å². The maximum atomic E-state index is 11.6. The van der Waals surface area contributed by atoms with Gasteiger partial charge in [-0.2, -0.15) is 0 Å². The van der Waals surface area contributed by atoms with Crippen molar-refractivity contribution in [3.63, 3.8) is 0 Å². The van der Waals surface area contributed by atoms with E-state index in [1.165, 1.54) is 0 Å². The SMILES string of the molecule is Cc1ccc(C(C)NC2CC(NC(=O)OC(C)(C)C)C2)o1. The molecule has 21 heavy (non-hydrogen) atoms. The van der Waals surface area contributed by atoms with Gasteiger partial charge in [-0.3, -0.25) is 0 Å². The van der Waals surface area contributed by atoms with Gasteiger partial charge in [0.1, 0.15) is 17.1 Å². The largest absolute Gasteiger partial charge is 0.465 e. The summed E-state index contributed by atoms with van der Waals surface area (Å²) in [6.45, 7) is 9.63. The van der Waals surface area contributed by atoms with E-state index in [0.29, 0.717) is 6.04 Å². The average Bonchev–Trinajstić information content (AvgIpc) is 2.70. The summed E-state index contributed by atoms with van der Waals surface area (Å²) in [6.07, 6.45) is 1.51. The van der Waals surface area contributed by atoms with Crippen LogP contribution < -0.4 is 10.6 Å². The fraction of sp³-hybridized carbons (Fsp3) is 0.688. The van der Waals surface area contributed by atoms with Crippen molar-refractivity contribution in [2.45, 2.75) is 71.2 Å². The highest BCUT2D eigenvalue weighted by Crippen LogP contribution is 2.25. The van der Waals surface area contributed by atoms with Crippen LogP contribution in [0.5, 0.6) is 0 Å². The van der Waals surface area contributed by atoms with E-state index in [4.69, 9.17) is 9.15 Å². The first-order chi connectivity index (χ1) is 9.73. The Bertz CT molecular complexity index is 484. The normalized spacial score (nSPS) is 23.3. The van der Waals surface area contributed by atoms with Crippen molar-refractivity contribution in [2.24, 2.45) is 0 Å². The van der Waals surface area contributed by atoms with Crippen LogP contribution in [0.2, 0.25) is 0 Å². The molecule has 118 valence electrons. The first kappa shape index (κ1) is 15.9. The molecule has 1 aliphatic carbocycles. The average molecular weight is 294 g/mol. The molecule has 1 saturated carbocycles. The van der Waals surface area contributed by atoms with E-state index in [9.17, 15) is 4.79 Å². The van der Waals surface area contributed by atoms with Crippen molar-refractivity contribution >= 4 is 6.09 Å². The second kappa shape index (κ2) is 6.10. The number of amides is 1. The molecular weight excluding hydrogens is 268 g/mol. The van der Waals surface area contributed by atoms with Crippen LogP contribution in [0, 0.1) is 6.92 Å². The quantitative estimate of drug-likeness (QED) is 0.894. The van der Waals surface area contributed by atoms with Gasteiger partial charge >= 0.3 is 6.09 Å². The molecule has 1 aliphatic rings. The number of ether oxygens (including phenoxy) is 1. The highest BCUT2D eigenvalue weighted by Gasteiger charge is 2.32. The molecule has 5 nitrogen and oxygen atoms in total. The zero-order valence-electron chi connectivity index (χ0n) is 13.5. The molecule has 0 aliphatic heterocycles. The number of aryl methyl sites for hydroxylation is 1. The third-order valence-corrected chi connectivity index (χ3v) is 3.53. The lowest BCUT2D eigenvalue weighted by Crippen LogP contribution is -2.53. The number of hydrogen-bond acceptors (Lipinski definition) is 4. The topological polar surface area (TPSA) is 63.5 Å². The maximum Gasteiger partial charge on any atom is 0.407 e. The van der Waals surface area contributed by atoms with Crippen LogP contribution in [0.3, 0.4) is 0 Å². The molecule has 1 aromatic rings. The van der Waals surface area contributed by atoms with Crippen molar-refractivity contribution in [3.05, 3.63) is 23.7 Å². The van der Waals surface area contributed by atoms with Gasteiger partial charge in [-0.05, 0) is 59.6 Å². The van der Waals surface area contributed by atoms with E-state index >= 15 is 0 Å². The van der Waals surface area contributed by atoms with Crippen LogP contribution in [0.15, 0.2) is 16.5 Å². The number of nitrogens with one attached hydrogen (secondary N) is 2. The van der Waals surface area contributed by atoms with E-state index in [1.54, 1.807) is 0 Å². The van der Waals surface area contributed by atoms with Crippen molar-refractivity contribution in [3.8, 4) is 0 Å². The van der Waals surface area contributed by atoms with Gasteiger partial charge in [0.2, 0.25) is 0 Å². The van der Waals surface area contributed by atoms with E-state index in [0.717, 1.165) is 24.4 Å². The molecule has 1 heterocycles. The molecule has 0 saturated heterocycles. The molecule has 2 N–H and O–H groups in total. The summed E-state index contributed by atoms with van der Waals surface area (Å²) in [7, 11) is 0. The lowest BCUT2D eigenvalue weighted by molar-refractivity contribution is 0.0462. The van der Waals surface area contributed by atoms with Crippen molar-refractivity contribution in [1.29, 1.82) is 0 Å². The molecule has 2 rings (SSSR count). The molecule has 1 amide bonds. The summed E-state index contributed by atoms with van der Waals surface area (Å²) in [6, 6.07) is 4.77. The van der Waals surface area contributed by atoms with Crippen molar-refractivity contribution in [2.75, 3.05) is 0 Å². The highest BCUT2D eigenvalue weighted by molar-refractivity contribution is 5.68. The van der Waals surface area contributed by atoms with Crippen LogP contribution in [0.4, 0.5) is 4.79 Å². The minimum atomic E-state index is -0.447. The third-order valence-electron chi connectivity index (χ3n) is 3.53. The summed E-state index contributed by atoms with van der Waals surface area (Å²) in [5.74, 6) is 1.88. The van der Waals surface area contributed by atoms with Gasteiger partial charge < -0.3 is 19.8 Å². The van der Waals surface area contributed by atoms with Gasteiger partial charge in [0.25, 0.3) is 0 Å². The molecule has 1 atom stereocenters. The Morgan fingerprint density at radius 3 is 2.52 bits per heavy atom. The fourth-order valence-corrected chi connectivity index (χ4v) is 2.47. The minimum absolute atomic E-state index is 0.186. The smallest absolute Gasteiger partial charge is 0.407 e. The van der Waals surface area contributed by atoms with Gasteiger partial charge in [-0.1, -0.05) is 0 Å². The van der Waals surface area contributed by atoms with Crippen molar-refractivity contribution < 1.29 is 13.9 Å².